The molecule has 0 atom stereocenters. The summed E-state index contributed by atoms with van der Waals surface area (Å²) in [5, 5.41) is 4.18. The summed E-state index contributed by atoms with van der Waals surface area (Å²) in [7, 11) is 0. The van der Waals surface area contributed by atoms with Gasteiger partial charge in [-0.05, 0) is 37.5 Å². The minimum atomic E-state index is -0.261. The summed E-state index contributed by atoms with van der Waals surface area (Å²) in [5.41, 5.74) is 1.97. The number of anilines is 1. The van der Waals surface area contributed by atoms with E-state index in [1.165, 1.54) is 6.07 Å². The van der Waals surface area contributed by atoms with Gasteiger partial charge in [0.05, 0.1) is 16.3 Å². The lowest BCUT2D eigenvalue weighted by Crippen LogP contribution is -1.98. The van der Waals surface area contributed by atoms with Crippen LogP contribution in [-0.4, -0.2) is 21.5 Å². The van der Waals surface area contributed by atoms with E-state index in [0.717, 1.165) is 47.3 Å². The zero-order valence-electron chi connectivity index (χ0n) is 14.0. The summed E-state index contributed by atoms with van der Waals surface area (Å²) in [5.74, 6) is 0.951. The second-order valence-electron chi connectivity index (χ2n) is 6.21. The summed E-state index contributed by atoms with van der Waals surface area (Å²) in [6.07, 6.45) is 5.08. The maximum Gasteiger partial charge on any atom is 0.183 e. The van der Waals surface area contributed by atoms with Crippen LogP contribution in [0.15, 0.2) is 36.5 Å². The van der Waals surface area contributed by atoms with Crippen LogP contribution in [0.1, 0.15) is 37.9 Å². The van der Waals surface area contributed by atoms with Gasteiger partial charge in [0.25, 0.3) is 0 Å². The molecule has 4 nitrogen and oxygen atoms in total. The lowest BCUT2D eigenvalue weighted by molar-refractivity contribution is 0.630. The van der Waals surface area contributed by atoms with Crippen molar-refractivity contribution in [2.75, 3.05) is 11.9 Å². The van der Waals surface area contributed by atoms with Gasteiger partial charge in [0.2, 0.25) is 0 Å². The Balaban J connectivity index is 1.75. The second kappa shape index (κ2) is 6.88. The highest BCUT2D eigenvalue weighted by Gasteiger charge is 2.28. The van der Waals surface area contributed by atoms with Crippen LogP contribution in [0, 0.1) is 5.82 Å². The third-order valence-corrected chi connectivity index (χ3v) is 5.10. The van der Waals surface area contributed by atoms with Crippen molar-refractivity contribution in [3.63, 3.8) is 0 Å². The highest BCUT2D eigenvalue weighted by molar-refractivity contribution is 7.18. The fourth-order valence-corrected chi connectivity index (χ4v) is 3.43. The smallest absolute Gasteiger partial charge is 0.183 e. The summed E-state index contributed by atoms with van der Waals surface area (Å²) < 4.78 is 14.2. The highest BCUT2D eigenvalue weighted by Crippen LogP contribution is 2.40. The first-order valence-electron chi connectivity index (χ1n) is 8.58. The fourth-order valence-electron chi connectivity index (χ4n) is 2.63. The Labute approximate surface area is 150 Å². The van der Waals surface area contributed by atoms with Crippen molar-refractivity contribution in [2.45, 2.75) is 32.1 Å². The van der Waals surface area contributed by atoms with Crippen LogP contribution in [0.5, 0.6) is 0 Å². The van der Waals surface area contributed by atoms with Crippen molar-refractivity contribution in [1.29, 1.82) is 0 Å². The molecule has 1 aromatic carbocycles. The average Bonchev–Trinajstić information content (AvgIpc) is 3.38. The van der Waals surface area contributed by atoms with Gasteiger partial charge in [-0.25, -0.2) is 19.3 Å². The maximum atomic E-state index is 14.2. The Bertz CT molecular complexity index is 889. The first kappa shape index (κ1) is 16.1. The summed E-state index contributed by atoms with van der Waals surface area (Å²) >= 11 is 1.57. The fraction of sp³-hybridized carbons (Fsp3) is 0.316. The minimum Gasteiger partial charge on any atom is -0.362 e. The Morgan fingerprint density at radius 1 is 1.20 bits per heavy atom. The predicted octanol–water partition coefficient (Wildman–Crippen LogP) is 5.11. The van der Waals surface area contributed by atoms with Crippen molar-refractivity contribution in [1.82, 2.24) is 15.0 Å². The number of nitrogens with zero attached hydrogens (tertiary/aromatic N) is 3. The predicted molar refractivity (Wildman–Crippen MR) is 99.3 cm³/mol. The van der Waals surface area contributed by atoms with Crippen molar-refractivity contribution in [3.05, 3.63) is 48.2 Å². The third kappa shape index (κ3) is 3.54. The molecule has 4 rings (SSSR count). The molecule has 0 amide bonds. The topological polar surface area (TPSA) is 50.7 Å². The first-order chi connectivity index (χ1) is 12.2. The number of nitrogens with one attached hydrogen (secondary N) is 1. The molecule has 0 aliphatic heterocycles. The van der Waals surface area contributed by atoms with Crippen LogP contribution >= 0.6 is 11.3 Å². The number of aromatic nitrogens is 3. The van der Waals surface area contributed by atoms with Crippen molar-refractivity contribution >= 4 is 16.5 Å². The van der Waals surface area contributed by atoms with E-state index in [1.807, 2.05) is 18.3 Å². The Kier molecular flexibility index (Phi) is 4.44. The Hall–Kier alpha value is -2.34. The molecular formula is C19H19FN4S. The largest absolute Gasteiger partial charge is 0.362 e. The van der Waals surface area contributed by atoms with Crippen LogP contribution in [-0.2, 0) is 0 Å². The van der Waals surface area contributed by atoms with Gasteiger partial charge in [-0.2, -0.15) is 0 Å². The van der Waals surface area contributed by atoms with Gasteiger partial charge >= 0.3 is 0 Å². The summed E-state index contributed by atoms with van der Waals surface area (Å²) in [4.78, 5) is 14.7. The van der Waals surface area contributed by atoms with Crippen LogP contribution < -0.4 is 5.32 Å². The first-order valence-corrected chi connectivity index (χ1v) is 9.40. The molecule has 0 bridgehead atoms. The minimum absolute atomic E-state index is 0.261. The molecule has 0 saturated heterocycles. The van der Waals surface area contributed by atoms with Gasteiger partial charge in [0.1, 0.15) is 11.6 Å². The van der Waals surface area contributed by atoms with Gasteiger partial charge in [0, 0.05) is 24.2 Å². The van der Waals surface area contributed by atoms with Crippen molar-refractivity contribution < 1.29 is 4.39 Å². The lowest BCUT2D eigenvalue weighted by Gasteiger charge is -2.07. The molecule has 3 aromatic rings. The SMILES string of the molecule is CCCNc1ncc(-c2cc(-c3ccccc3F)nc(C3CC3)n2)s1. The van der Waals surface area contributed by atoms with Gasteiger partial charge < -0.3 is 5.32 Å². The molecule has 25 heavy (non-hydrogen) atoms. The average molecular weight is 354 g/mol. The molecule has 1 aliphatic rings. The standard InChI is InChI=1S/C19H19FN4S/c1-2-9-21-19-22-11-17(25-19)16-10-15(13-5-3-4-6-14(13)20)23-18(24-16)12-7-8-12/h3-6,10-12H,2,7-9H2,1H3,(H,21,22). The molecule has 1 saturated carbocycles. The van der Waals surface area contributed by atoms with E-state index < -0.39 is 0 Å². The van der Waals surface area contributed by atoms with Gasteiger partial charge in [0.15, 0.2) is 5.13 Å². The van der Waals surface area contributed by atoms with E-state index in [1.54, 1.807) is 23.5 Å². The summed E-state index contributed by atoms with van der Waals surface area (Å²) in [6, 6.07) is 8.61. The Morgan fingerprint density at radius 3 is 2.76 bits per heavy atom. The normalized spacial score (nSPS) is 13.8. The highest BCUT2D eigenvalue weighted by atomic mass is 32.1. The number of hydrogen-bond acceptors (Lipinski definition) is 5. The van der Waals surface area contributed by atoms with E-state index in [2.05, 4.69) is 22.2 Å². The quantitative estimate of drug-likeness (QED) is 0.669. The molecule has 2 aromatic heterocycles. The number of benzene rings is 1. The summed E-state index contributed by atoms with van der Waals surface area (Å²) in [6.45, 7) is 3.01. The molecule has 128 valence electrons. The molecule has 0 radical (unpaired) electrons. The molecule has 1 N–H and O–H groups in total. The maximum absolute atomic E-state index is 14.2. The van der Waals surface area contributed by atoms with E-state index in [-0.39, 0.29) is 5.82 Å². The van der Waals surface area contributed by atoms with E-state index in [9.17, 15) is 4.39 Å². The van der Waals surface area contributed by atoms with E-state index >= 15 is 0 Å². The molecule has 2 heterocycles. The molecule has 1 aliphatic carbocycles. The number of thiazole rings is 1. The van der Waals surface area contributed by atoms with Crippen LogP contribution in [0.4, 0.5) is 9.52 Å². The van der Waals surface area contributed by atoms with Crippen LogP contribution in [0.25, 0.3) is 21.8 Å². The number of rotatable bonds is 6. The van der Waals surface area contributed by atoms with Crippen LogP contribution in [0.3, 0.4) is 0 Å². The molecular weight excluding hydrogens is 335 g/mol. The molecule has 0 spiro atoms. The van der Waals surface area contributed by atoms with Gasteiger partial charge in [-0.15, -0.1) is 0 Å². The van der Waals surface area contributed by atoms with Gasteiger partial charge in [-0.1, -0.05) is 30.4 Å². The zero-order chi connectivity index (χ0) is 17.2. The van der Waals surface area contributed by atoms with Crippen molar-refractivity contribution in [2.24, 2.45) is 0 Å². The van der Waals surface area contributed by atoms with E-state index in [0.29, 0.717) is 17.2 Å². The van der Waals surface area contributed by atoms with Crippen molar-refractivity contribution in [3.8, 4) is 21.8 Å². The molecule has 0 unspecified atom stereocenters. The monoisotopic (exact) mass is 354 g/mol. The van der Waals surface area contributed by atoms with Gasteiger partial charge in [-0.3, -0.25) is 0 Å². The van der Waals surface area contributed by atoms with Crippen LogP contribution in [0.2, 0.25) is 0 Å². The Morgan fingerprint density at radius 2 is 2.00 bits per heavy atom. The molecule has 6 heteroatoms. The third-order valence-electron chi connectivity index (χ3n) is 4.12. The molecule has 1 fully saturated rings. The van der Waals surface area contributed by atoms with E-state index in [4.69, 9.17) is 4.98 Å². The number of hydrogen-bond donors (Lipinski definition) is 1. The lowest BCUT2D eigenvalue weighted by atomic mass is 10.1. The number of halogens is 1. The second-order valence-corrected chi connectivity index (χ2v) is 7.24. The zero-order valence-corrected chi connectivity index (χ0v) is 14.8.